The highest BCUT2D eigenvalue weighted by Gasteiger charge is 2.46. The van der Waals surface area contributed by atoms with Crippen LogP contribution in [0.2, 0.25) is 0 Å². The van der Waals surface area contributed by atoms with Gasteiger partial charge in [-0.2, -0.15) is 0 Å². The molecule has 0 N–H and O–H groups in total. The van der Waals surface area contributed by atoms with Gasteiger partial charge in [-0.3, -0.25) is 0 Å². The van der Waals surface area contributed by atoms with Crippen LogP contribution >= 0.6 is 0 Å². The Hall–Kier alpha value is -7.94. The van der Waals surface area contributed by atoms with Crippen LogP contribution in [-0.2, 0) is 5.41 Å². The van der Waals surface area contributed by atoms with Crippen molar-refractivity contribution in [2.45, 2.75) is 17.4 Å². The number of fused-ring (bicyclic) bond motifs is 9. The summed E-state index contributed by atoms with van der Waals surface area (Å²) in [6, 6.07) is 83.3. The number of allylic oxidation sites excluding steroid dienone is 2. The molecule has 2 atom stereocenters. The van der Waals surface area contributed by atoms with Crippen molar-refractivity contribution in [1.29, 1.82) is 0 Å². The van der Waals surface area contributed by atoms with Crippen LogP contribution in [0.4, 0.5) is 11.4 Å². The van der Waals surface area contributed by atoms with Crippen molar-refractivity contribution in [1.82, 2.24) is 4.57 Å². The highest BCUT2D eigenvalue weighted by Crippen LogP contribution is 2.57. The number of rotatable bonds is 6. The van der Waals surface area contributed by atoms with E-state index in [1.807, 2.05) is 0 Å². The molecule has 0 amide bonds. The number of para-hydroxylation sites is 3. The SMILES string of the molecule is C1=CC2C(C=C1c1ccc(-c3ccc4c(c3)c3cc5c(cc3n4-c3ccccc3)C(c3ccccc3)(c3ccccc3)c3ccccc3-5)cc1)c1ccccc1N2c1ccccc1. The first-order valence-corrected chi connectivity index (χ1v) is 22.1. The van der Waals surface area contributed by atoms with Crippen molar-refractivity contribution < 1.29 is 0 Å². The third-order valence-electron chi connectivity index (χ3n) is 14.0. The molecule has 9 aromatic carbocycles. The Morgan fingerprint density at radius 2 is 1.00 bits per heavy atom. The Bertz CT molecular complexity index is 3390. The molecule has 0 spiro atoms. The Kier molecular flexibility index (Phi) is 7.98. The van der Waals surface area contributed by atoms with E-state index in [0.29, 0.717) is 0 Å². The van der Waals surface area contributed by atoms with Gasteiger partial charge >= 0.3 is 0 Å². The van der Waals surface area contributed by atoms with Crippen molar-refractivity contribution in [3.8, 4) is 27.9 Å². The number of aromatic nitrogens is 1. The summed E-state index contributed by atoms with van der Waals surface area (Å²) in [4.78, 5) is 2.49. The summed E-state index contributed by atoms with van der Waals surface area (Å²) in [6.45, 7) is 0. The van der Waals surface area contributed by atoms with Gasteiger partial charge in [-0.25, -0.2) is 0 Å². The summed E-state index contributed by atoms with van der Waals surface area (Å²) in [6.07, 6.45) is 7.20. The van der Waals surface area contributed by atoms with E-state index in [4.69, 9.17) is 0 Å². The summed E-state index contributed by atoms with van der Waals surface area (Å²) >= 11 is 0. The Labute approximate surface area is 368 Å². The molecule has 0 saturated heterocycles. The summed E-state index contributed by atoms with van der Waals surface area (Å²) in [5.41, 5.74) is 19.7. The molecule has 1 aliphatic heterocycles. The van der Waals surface area contributed by atoms with Crippen LogP contribution in [0.25, 0.3) is 55.3 Å². The molecule has 0 bridgehead atoms. The van der Waals surface area contributed by atoms with Crippen molar-refractivity contribution in [3.05, 3.63) is 276 Å². The topological polar surface area (TPSA) is 8.17 Å². The molecule has 2 heterocycles. The Morgan fingerprint density at radius 3 is 1.73 bits per heavy atom. The molecule has 2 unspecified atom stereocenters. The zero-order valence-electron chi connectivity index (χ0n) is 34.6. The third kappa shape index (κ3) is 5.31. The maximum absolute atomic E-state index is 2.50. The second kappa shape index (κ2) is 14.1. The van der Waals surface area contributed by atoms with Crippen molar-refractivity contribution in [3.63, 3.8) is 0 Å². The molecule has 0 saturated carbocycles. The maximum Gasteiger partial charge on any atom is 0.0714 e. The van der Waals surface area contributed by atoms with Gasteiger partial charge in [0.25, 0.3) is 0 Å². The van der Waals surface area contributed by atoms with E-state index in [9.17, 15) is 0 Å². The number of hydrogen-bond acceptors (Lipinski definition) is 1. The first-order chi connectivity index (χ1) is 31.3. The van der Waals surface area contributed by atoms with Gasteiger partial charge in [0.2, 0.25) is 0 Å². The van der Waals surface area contributed by atoms with Gasteiger partial charge in [-0.05, 0) is 116 Å². The van der Waals surface area contributed by atoms with E-state index >= 15 is 0 Å². The number of nitrogens with zero attached hydrogens (tertiary/aromatic N) is 2. The molecular formula is C61H42N2. The highest BCUT2D eigenvalue weighted by molar-refractivity contribution is 6.13. The van der Waals surface area contributed by atoms with Crippen molar-refractivity contribution in [2.24, 2.45) is 0 Å². The molecule has 2 aliphatic carbocycles. The minimum atomic E-state index is -0.472. The van der Waals surface area contributed by atoms with Crippen LogP contribution in [0.1, 0.15) is 39.3 Å². The monoisotopic (exact) mass is 802 g/mol. The lowest BCUT2D eigenvalue weighted by atomic mass is 9.67. The fourth-order valence-electron chi connectivity index (χ4n) is 11.3. The van der Waals surface area contributed by atoms with E-state index in [1.54, 1.807) is 0 Å². The lowest BCUT2D eigenvalue weighted by Gasteiger charge is -2.34. The van der Waals surface area contributed by atoms with Crippen LogP contribution in [0.15, 0.2) is 243 Å². The molecule has 3 aliphatic rings. The van der Waals surface area contributed by atoms with Gasteiger partial charge in [0.05, 0.1) is 22.5 Å². The molecule has 10 aromatic rings. The molecule has 0 fully saturated rings. The maximum atomic E-state index is 2.50. The van der Waals surface area contributed by atoms with Crippen LogP contribution in [0.3, 0.4) is 0 Å². The van der Waals surface area contributed by atoms with E-state index < -0.39 is 5.41 Å². The summed E-state index contributed by atoms with van der Waals surface area (Å²) in [7, 11) is 0. The van der Waals surface area contributed by atoms with Crippen molar-refractivity contribution in [2.75, 3.05) is 4.90 Å². The third-order valence-corrected chi connectivity index (χ3v) is 14.0. The van der Waals surface area contributed by atoms with Crippen LogP contribution in [0.5, 0.6) is 0 Å². The molecular weight excluding hydrogens is 761 g/mol. The second-order valence-electron chi connectivity index (χ2n) is 17.2. The van der Waals surface area contributed by atoms with Gasteiger partial charge < -0.3 is 9.47 Å². The number of benzene rings is 9. The molecule has 2 nitrogen and oxygen atoms in total. The quantitative estimate of drug-likeness (QED) is 0.163. The Balaban J connectivity index is 0.944. The zero-order valence-corrected chi connectivity index (χ0v) is 34.6. The second-order valence-corrected chi connectivity index (χ2v) is 17.2. The van der Waals surface area contributed by atoms with Gasteiger partial charge in [0.15, 0.2) is 0 Å². The normalized spacial score (nSPS) is 16.7. The molecule has 1 aromatic heterocycles. The average molecular weight is 803 g/mol. The largest absolute Gasteiger partial charge is 0.333 e. The molecule has 63 heavy (non-hydrogen) atoms. The van der Waals surface area contributed by atoms with E-state index in [0.717, 1.165) is 5.69 Å². The van der Waals surface area contributed by atoms with E-state index in [-0.39, 0.29) is 12.0 Å². The summed E-state index contributed by atoms with van der Waals surface area (Å²) < 4.78 is 2.47. The van der Waals surface area contributed by atoms with Gasteiger partial charge in [-0.1, -0.05) is 188 Å². The van der Waals surface area contributed by atoms with Crippen LogP contribution in [-0.4, -0.2) is 10.6 Å². The first kappa shape index (κ1) is 35.8. The van der Waals surface area contributed by atoms with Gasteiger partial charge in [0.1, 0.15) is 0 Å². The summed E-state index contributed by atoms with van der Waals surface area (Å²) in [5.74, 6) is 0.282. The Morgan fingerprint density at radius 1 is 0.413 bits per heavy atom. The minimum absolute atomic E-state index is 0.250. The van der Waals surface area contributed by atoms with Gasteiger partial charge in [-0.15, -0.1) is 0 Å². The highest BCUT2D eigenvalue weighted by atomic mass is 15.2. The van der Waals surface area contributed by atoms with Crippen LogP contribution in [0, 0.1) is 0 Å². The average Bonchev–Trinajstić information content (AvgIpc) is 3.97. The smallest absolute Gasteiger partial charge is 0.0714 e. The van der Waals surface area contributed by atoms with Crippen LogP contribution < -0.4 is 4.90 Å². The predicted octanol–water partition coefficient (Wildman–Crippen LogP) is 15.1. The molecule has 296 valence electrons. The lowest BCUT2D eigenvalue weighted by molar-refractivity contribution is 0.747. The fraction of sp³-hybridized carbons (Fsp3) is 0.0492. The number of hydrogen-bond donors (Lipinski definition) is 0. The van der Waals surface area contributed by atoms with Gasteiger partial charge in [0, 0.05) is 33.8 Å². The first-order valence-electron chi connectivity index (χ1n) is 22.1. The summed E-state index contributed by atoms with van der Waals surface area (Å²) in [5, 5.41) is 2.51. The lowest BCUT2D eigenvalue weighted by Crippen LogP contribution is -2.28. The van der Waals surface area contributed by atoms with Crippen molar-refractivity contribution >= 4 is 38.8 Å². The molecule has 13 rings (SSSR count). The standard InChI is InChI=1S/C61H42N2/c1-5-17-45(18-6-1)61(46-19-7-2-8-20-46)55-27-15-13-25-49(55)51-39-54-53-38-44(34-36-59(53)63(60(54)40-56(51)61)48-23-11-4-12-24-48)42-31-29-41(30-32-42)43-33-35-58-52(37-43)50-26-14-16-28-57(50)62(58)47-21-9-3-10-22-47/h1-40,52,58H. The molecule has 2 heteroatoms. The van der Waals surface area contributed by atoms with E-state index in [1.165, 1.54) is 94.4 Å². The zero-order chi connectivity index (χ0) is 41.5. The minimum Gasteiger partial charge on any atom is -0.333 e. The predicted molar refractivity (Wildman–Crippen MR) is 262 cm³/mol. The molecule has 0 radical (unpaired) electrons. The fourth-order valence-corrected chi connectivity index (χ4v) is 11.3. The van der Waals surface area contributed by atoms with E-state index in [2.05, 4.69) is 252 Å². The number of anilines is 2.